The molecule has 1 aliphatic carbocycles. The van der Waals surface area contributed by atoms with Gasteiger partial charge in [-0.25, -0.2) is 4.79 Å². The van der Waals surface area contributed by atoms with Gasteiger partial charge in [0.05, 0.1) is 0 Å². The van der Waals surface area contributed by atoms with Crippen molar-refractivity contribution >= 4 is 21.9 Å². The Morgan fingerprint density at radius 1 is 1.56 bits per heavy atom. The van der Waals surface area contributed by atoms with E-state index in [9.17, 15) is 9.90 Å². The molecule has 1 aliphatic heterocycles. The van der Waals surface area contributed by atoms with Gasteiger partial charge >= 0.3 is 5.97 Å². The van der Waals surface area contributed by atoms with Crippen molar-refractivity contribution in [3.63, 3.8) is 0 Å². The van der Waals surface area contributed by atoms with E-state index in [-0.39, 0.29) is 5.41 Å². The molecule has 0 spiro atoms. The van der Waals surface area contributed by atoms with Crippen molar-refractivity contribution in [3.8, 4) is 0 Å². The summed E-state index contributed by atoms with van der Waals surface area (Å²) in [4.78, 5) is 13.6. The lowest BCUT2D eigenvalue weighted by Crippen LogP contribution is -2.29. The topological polar surface area (TPSA) is 40.5 Å². The van der Waals surface area contributed by atoms with Crippen LogP contribution in [0.2, 0.25) is 0 Å². The van der Waals surface area contributed by atoms with Gasteiger partial charge in [0.2, 0.25) is 0 Å². The molecule has 2 rings (SSSR count). The second kappa shape index (κ2) is 4.41. The monoisotopic (exact) mass is 313 g/mol. The molecular formula is C14H20BrNO2. The minimum absolute atomic E-state index is 0.119. The van der Waals surface area contributed by atoms with E-state index in [0.717, 1.165) is 11.0 Å². The Labute approximate surface area is 117 Å². The van der Waals surface area contributed by atoms with E-state index in [1.807, 2.05) is 0 Å². The third-order valence-electron chi connectivity index (χ3n) is 4.03. The molecule has 2 aliphatic rings. The van der Waals surface area contributed by atoms with Crippen molar-refractivity contribution in [2.75, 3.05) is 6.54 Å². The fraction of sp³-hybridized carbons (Fsp3) is 0.643. The Bertz CT molecular complexity index is 449. The summed E-state index contributed by atoms with van der Waals surface area (Å²) in [6.07, 6.45) is 2.40. The highest BCUT2D eigenvalue weighted by Gasteiger charge is 2.46. The molecule has 1 atom stereocenters. The van der Waals surface area contributed by atoms with Crippen LogP contribution in [0.5, 0.6) is 0 Å². The molecule has 1 heterocycles. The van der Waals surface area contributed by atoms with Crippen LogP contribution in [0, 0.1) is 11.3 Å². The Hall–Kier alpha value is -0.770. The lowest BCUT2D eigenvalue weighted by molar-refractivity contribution is -0.133. The molecular weight excluding hydrogens is 294 g/mol. The number of carboxylic acids is 1. The fourth-order valence-corrected chi connectivity index (χ4v) is 3.78. The maximum atomic E-state index is 11.2. The van der Waals surface area contributed by atoms with Crippen molar-refractivity contribution in [2.45, 2.75) is 40.2 Å². The predicted octanol–water partition coefficient (Wildman–Crippen LogP) is 3.37. The number of halogens is 1. The lowest BCUT2D eigenvalue weighted by Gasteiger charge is -2.30. The number of carboxylic acid groups (broad SMARTS) is 1. The number of hydrogen-bond acceptors (Lipinski definition) is 2. The van der Waals surface area contributed by atoms with Crippen molar-refractivity contribution in [1.29, 1.82) is 0 Å². The van der Waals surface area contributed by atoms with E-state index in [2.05, 4.69) is 48.5 Å². The first kappa shape index (κ1) is 13.7. The van der Waals surface area contributed by atoms with Gasteiger partial charge in [0.15, 0.2) is 0 Å². The summed E-state index contributed by atoms with van der Waals surface area (Å²) >= 11 is 3.56. The molecule has 0 aromatic rings. The molecule has 18 heavy (non-hydrogen) atoms. The minimum Gasteiger partial charge on any atom is -0.478 e. The first-order chi connectivity index (χ1) is 8.24. The average Bonchev–Trinajstić information content (AvgIpc) is 2.51. The zero-order chi connectivity index (χ0) is 13.7. The number of hydrogen-bond donors (Lipinski definition) is 1. The van der Waals surface area contributed by atoms with Crippen LogP contribution >= 0.6 is 15.9 Å². The molecule has 0 amide bonds. The van der Waals surface area contributed by atoms with Crippen LogP contribution in [0.4, 0.5) is 0 Å². The largest absolute Gasteiger partial charge is 0.478 e. The molecule has 100 valence electrons. The molecule has 1 N–H and O–H groups in total. The van der Waals surface area contributed by atoms with Crippen LogP contribution in [-0.2, 0) is 4.79 Å². The summed E-state index contributed by atoms with van der Waals surface area (Å²) < 4.78 is 0.940. The first-order valence-electron chi connectivity index (χ1n) is 6.34. The van der Waals surface area contributed by atoms with Gasteiger partial charge < -0.3 is 10.0 Å². The zero-order valence-corrected chi connectivity index (χ0v) is 12.9. The number of rotatable bonds is 2. The number of likely N-dealkylation sites (tertiary alicyclic amines) is 1. The van der Waals surface area contributed by atoms with Crippen LogP contribution in [0.25, 0.3) is 0 Å². The second-order valence-corrected chi connectivity index (χ2v) is 7.03. The van der Waals surface area contributed by atoms with Crippen LogP contribution in [-0.4, -0.2) is 28.6 Å². The van der Waals surface area contributed by atoms with Crippen molar-refractivity contribution in [3.05, 3.63) is 21.8 Å². The van der Waals surface area contributed by atoms with Crippen molar-refractivity contribution < 1.29 is 9.90 Å². The second-order valence-electron chi connectivity index (χ2n) is 6.17. The predicted molar refractivity (Wildman–Crippen MR) is 75.4 cm³/mol. The normalized spacial score (nSPS) is 26.4. The molecule has 1 saturated heterocycles. The standard InChI is InChI=1S/C14H20BrNO2/c1-8(2)16-7-14(3,4)10-5-9(13(17)18)6-11(15)12(10)16/h6,8,10H,5,7H2,1-4H3,(H,17,18). The van der Waals surface area contributed by atoms with E-state index < -0.39 is 5.97 Å². The summed E-state index contributed by atoms with van der Waals surface area (Å²) in [5.41, 5.74) is 1.91. The van der Waals surface area contributed by atoms with Gasteiger partial charge in [0.25, 0.3) is 0 Å². The van der Waals surface area contributed by atoms with Crippen LogP contribution in [0.15, 0.2) is 21.8 Å². The summed E-state index contributed by atoms with van der Waals surface area (Å²) in [6, 6.07) is 0.441. The molecule has 0 aromatic heterocycles. The molecule has 0 aromatic carbocycles. The van der Waals surface area contributed by atoms with E-state index in [0.29, 0.717) is 24.0 Å². The van der Waals surface area contributed by atoms with Gasteiger partial charge in [0, 0.05) is 34.3 Å². The van der Waals surface area contributed by atoms with E-state index in [1.165, 1.54) is 5.70 Å². The van der Waals surface area contributed by atoms with Gasteiger partial charge in [-0.15, -0.1) is 0 Å². The van der Waals surface area contributed by atoms with E-state index in [4.69, 9.17) is 0 Å². The Morgan fingerprint density at radius 2 is 2.17 bits per heavy atom. The average molecular weight is 314 g/mol. The molecule has 1 fully saturated rings. The van der Waals surface area contributed by atoms with Crippen LogP contribution in [0.1, 0.15) is 34.1 Å². The number of fused-ring (bicyclic) bond motifs is 1. The Kier molecular flexibility index (Phi) is 3.34. The molecule has 4 heteroatoms. The summed E-state index contributed by atoms with van der Waals surface area (Å²) in [5.74, 6) is -0.504. The molecule has 0 radical (unpaired) electrons. The van der Waals surface area contributed by atoms with Crippen LogP contribution < -0.4 is 0 Å². The van der Waals surface area contributed by atoms with Gasteiger partial charge in [0.1, 0.15) is 0 Å². The Balaban J connectivity index is 2.48. The van der Waals surface area contributed by atoms with Gasteiger partial charge in [-0.1, -0.05) is 13.8 Å². The fourth-order valence-electron chi connectivity index (χ4n) is 3.00. The number of nitrogens with zero attached hydrogens (tertiary/aromatic N) is 1. The van der Waals surface area contributed by atoms with Gasteiger partial charge in [-0.3, -0.25) is 0 Å². The highest BCUT2D eigenvalue weighted by molar-refractivity contribution is 9.11. The third kappa shape index (κ3) is 2.11. The van der Waals surface area contributed by atoms with Crippen LogP contribution in [0.3, 0.4) is 0 Å². The zero-order valence-electron chi connectivity index (χ0n) is 11.3. The molecule has 0 bridgehead atoms. The lowest BCUT2D eigenvalue weighted by atomic mass is 9.75. The van der Waals surface area contributed by atoms with Gasteiger partial charge in [-0.2, -0.15) is 0 Å². The van der Waals surface area contributed by atoms with E-state index >= 15 is 0 Å². The highest BCUT2D eigenvalue weighted by Crippen LogP contribution is 2.50. The maximum Gasteiger partial charge on any atom is 0.331 e. The summed E-state index contributed by atoms with van der Waals surface area (Å²) in [6.45, 7) is 9.81. The van der Waals surface area contributed by atoms with Crippen molar-refractivity contribution in [1.82, 2.24) is 4.90 Å². The Morgan fingerprint density at radius 3 is 2.67 bits per heavy atom. The van der Waals surface area contributed by atoms with Gasteiger partial charge in [-0.05, 0) is 47.7 Å². The van der Waals surface area contributed by atoms with E-state index in [1.54, 1.807) is 6.08 Å². The third-order valence-corrected chi connectivity index (χ3v) is 4.66. The molecule has 3 nitrogen and oxygen atoms in total. The quantitative estimate of drug-likeness (QED) is 0.849. The first-order valence-corrected chi connectivity index (χ1v) is 7.13. The smallest absolute Gasteiger partial charge is 0.331 e. The number of carbonyl (C=O) groups is 1. The molecule has 0 saturated carbocycles. The summed E-state index contributed by atoms with van der Waals surface area (Å²) in [7, 11) is 0. The number of allylic oxidation sites excluding steroid dienone is 3. The van der Waals surface area contributed by atoms with Crippen molar-refractivity contribution in [2.24, 2.45) is 11.3 Å². The highest BCUT2D eigenvalue weighted by atomic mass is 79.9. The summed E-state index contributed by atoms with van der Waals surface area (Å²) in [5, 5.41) is 9.20. The maximum absolute atomic E-state index is 11.2. The molecule has 1 unspecified atom stereocenters. The number of aliphatic carboxylic acids is 1. The SMILES string of the molecule is CC(C)N1CC(C)(C)C2CC(C(=O)O)=CC(Br)=C21. The minimum atomic E-state index is -0.801.